The summed E-state index contributed by atoms with van der Waals surface area (Å²) in [5.74, 6) is 1.99. The average molecular weight is 269 g/mol. The number of rotatable bonds is 4. The summed E-state index contributed by atoms with van der Waals surface area (Å²) in [5.41, 5.74) is 1.19. The van der Waals surface area contributed by atoms with Gasteiger partial charge in [-0.25, -0.2) is 0 Å². The second-order valence-electron chi connectivity index (χ2n) is 4.50. The standard InChI is InChI=1S/C12H19N3O2S/c1-14-7-10(6-13-14)8-15-3-4-18-9-11(15)5-12(16)17-2/h6-7,11H,3-5,8-9H2,1-2H3/t11-/m1/s1. The summed E-state index contributed by atoms with van der Waals surface area (Å²) in [6, 6.07) is 0.274. The molecule has 100 valence electrons. The third-order valence-corrected chi connectivity index (χ3v) is 4.22. The summed E-state index contributed by atoms with van der Waals surface area (Å²) in [6.07, 6.45) is 4.39. The number of carbonyl (C=O) groups is 1. The molecule has 1 aliphatic rings. The van der Waals surface area contributed by atoms with Gasteiger partial charge in [0.1, 0.15) is 0 Å². The monoisotopic (exact) mass is 269 g/mol. The number of methoxy groups -OCH3 is 1. The van der Waals surface area contributed by atoms with Crippen molar-refractivity contribution >= 4 is 17.7 Å². The van der Waals surface area contributed by atoms with Crippen LogP contribution in [0.5, 0.6) is 0 Å². The first-order chi connectivity index (χ1) is 8.69. The van der Waals surface area contributed by atoms with E-state index in [4.69, 9.17) is 4.74 Å². The van der Waals surface area contributed by atoms with Gasteiger partial charge in [-0.2, -0.15) is 16.9 Å². The zero-order chi connectivity index (χ0) is 13.0. The van der Waals surface area contributed by atoms with E-state index in [1.54, 1.807) is 0 Å². The van der Waals surface area contributed by atoms with Crippen LogP contribution in [0.3, 0.4) is 0 Å². The fraction of sp³-hybridized carbons (Fsp3) is 0.667. The van der Waals surface area contributed by atoms with Crippen LogP contribution < -0.4 is 0 Å². The Morgan fingerprint density at radius 3 is 3.17 bits per heavy atom. The summed E-state index contributed by atoms with van der Waals surface area (Å²) < 4.78 is 6.57. The molecule has 5 nitrogen and oxygen atoms in total. The first-order valence-electron chi connectivity index (χ1n) is 6.05. The predicted molar refractivity (Wildman–Crippen MR) is 71.4 cm³/mol. The van der Waals surface area contributed by atoms with E-state index in [-0.39, 0.29) is 12.0 Å². The molecule has 0 amide bonds. The summed E-state index contributed by atoms with van der Waals surface area (Å²) in [7, 11) is 3.37. The Kier molecular flexibility index (Phi) is 4.66. The number of nitrogens with zero attached hydrogens (tertiary/aromatic N) is 3. The maximum atomic E-state index is 11.4. The summed E-state index contributed by atoms with van der Waals surface area (Å²) in [6.45, 7) is 1.87. The highest BCUT2D eigenvalue weighted by molar-refractivity contribution is 7.99. The van der Waals surface area contributed by atoms with Crippen molar-refractivity contribution in [1.82, 2.24) is 14.7 Å². The SMILES string of the molecule is COC(=O)C[C@@H]1CSCCN1Cc1cnn(C)c1. The highest BCUT2D eigenvalue weighted by atomic mass is 32.2. The lowest BCUT2D eigenvalue weighted by Crippen LogP contribution is -2.43. The van der Waals surface area contributed by atoms with E-state index in [2.05, 4.69) is 10.00 Å². The van der Waals surface area contributed by atoms with Gasteiger partial charge in [-0.05, 0) is 0 Å². The molecule has 0 N–H and O–H groups in total. The van der Waals surface area contributed by atoms with Gasteiger partial charge in [-0.3, -0.25) is 14.4 Å². The Morgan fingerprint density at radius 1 is 1.67 bits per heavy atom. The molecule has 1 aromatic rings. The van der Waals surface area contributed by atoms with Crippen LogP contribution in [0.1, 0.15) is 12.0 Å². The highest BCUT2D eigenvalue weighted by Gasteiger charge is 2.25. The van der Waals surface area contributed by atoms with E-state index in [0.717, 1.165) is 24.6 Å². The summed E-state index contributed by atoms with van der Waals surface area (Å²) in [5, 5.41) is 4.18. The van der Waals surface area contributed by atoms with E-state index < -0.39 is 0 Å². The van der Waals surface area contributed by atoms with Crippen molar-refractivity contribution in [2.45, 2.75) is 19.0 Å². The third-order valence-electron chi connectivity index (χ3n) is 3.12. The zero-order valence-corrected chi connectivity index (χ0v) is 11.7. The lowest BCUT2D eigenvalue weighted by atomic mass is 10.1. The molecule has 0 unspecified atom stereocenters. The van der Waals surface area contributed by atoms with Gasteiger partial charge >= 0.3 is 5.97 Å². The lowest BCUT2D eigenvalue weighted by molar-refractivity contribution is -0.141. The molecule has 1 aliphatic heterocycles. The maximum Gasteiger partial charge on any atom is 0.307 e. The van der Waals surface area contributed by atoms with Gasteiger partial charge in [0.05, 0.1) is 19.7 Å². The van der Waals surface area contributed by atoms with Gasteiger partial charge in [-0.15, -0.1) is 0 Å². The van der Waals surface area contributed by atoms with Crippen LogP contribution in [0.2, 0.25) is 0 Å². The number of hydrogen-bond donors (Lipinski definition) is 0. The van der Waals surface area contributed by atoms with Crippen LogP contribution in [0.4, 0.5) is 0 Å². The third kappa shape index (κ3) is 3.49. The molecule has 1 fully saturated rings. The molecule has 0 radical (unpaired) electrons. The summed E-state index contributed by atoms with van der Waals surface area (Å²) in [4.78, 5) is 13.8. The molecule has 18 heavy (non-hydrogen) atoms. The fourth-order valence-corrected chi connectivity index (χ4v) is 3.28. The van der Waals surface area contributed by atoms with Crippen LogP contribution in [0.25, 0.3) is 0 Å². The Bertz CT molecular complexity index is 408. The molecular formula is C12H19N3O2S. The summed E-state index contributed by atoms with van der Waals surface area (Å²) >= 11 is 1.90. The molecule has 6 heteroatoms. The number of carbonyl (C=O) groups excluding carboxylic acids is 1. The zero-order valence-electron chi connectivity index (χ0n) is 10.8. The molecule has 0 bridgehead atoms. The maximum absolute atomic E-state index is 11.4. The molecule has 2 heterocycles. The number of esters is 1. The average Bonchev–Trinajstić information content (AvgIpc) is 2.77. The van der Waals surface area contributed by atoms with Crippen molar-refractivity contribution in [3.8, 4) is 0 Å². The number of aromatic nitrogens is 2. The van der Waals surface area contributed by atoms with Gasteiger partial charge in [0, 0.05) is 49.4 Å². The molecule has 0 saturated carbocycles. The van der Waals surface area contributed by atoms with Crippen LogP contribution >= 0.6 is 11.8 Å². The molecule has 1 aromatic heterocycles. The minimum Gasteiger partial charge on any atom is -0.469 e. The normalized spacial score (nSPS) is 20.9. The van der Waals surface area contributed by atoms with Crippen LogP contribution in [-0.4, -0.2) is 51.9 Å². The first kappa shape index (κ1) is 13.4. The van der Waals surface area contributed by atoms with Gasteiger partial charge in [0.15, 0.2) is 0 Å². The minimum absolute atomic E-state index is 0.126. The molecule has 0 spiro atoms. The smallest absolute Gasteiger partial charge is 0.307 e. The van der Waals surface area contributed by atoms with E-state index in [0.29, 0.717) is 6.42 Å². The minimum atomic E-state index is -0.126. The van der Waals surface area contributed by atoms with Crippen molar-refractivity contribution in [2.24, 2.45) is 7.05 Å². The van der Waals surface area contributed by atoms with Gasteiger partial charge in [0.2, 0.25) is 0 Å². The van der Waals surface area contributed by atoms with Gasteiger partial charge in [-0.1, -0.05) is 0 Å². The van der Waals surface area contributed by atoms with Crippen molar-refractivity contribution in [2.75, 3.05) is 25.2 Å². The number of thioether (sulfide) groups is 1. The van der Waals surface area contributed by atoms with Crippen LogP contribution in [0.15, 0.2) is 12.4 Å². The molecule has 1 saturated heterocycles. The molecule has 1 atom stereocenters. The molecule has 0 aliphatic carbocycles. The largest absolute Gasteiger partial charge is 0.469 e. The second kappa shape index (κ2) is 6.24. The Balaban J connectivity index is 1.96. The predicted octanol–water partition coefficient (Wildman–Crippen LogP) is 0.901. The molecular weight excluding hydrogens is 250 g/mol. The Labute approximate surface area is 111 Å². The number of hydrogen-bond acceptors (Lipinski definition) is 5. The second-order valence-corrected chi connectivity index (χ2v) is 5.65. The Morgan fingerprint density at radius 2 is 2.50 bits per heavy atom. The number of aryl methyl sites for hydroxylation is 1. The quantitative estimate of drug-likeness (QED) is 0.760. The lowest BCUT2D eigenvalue weighted by Gasteiger charge is -2.34. The van der Waals surface area contributed by atoms with E-state index in [9.17, 15) is 4.79 Å². The molecule has 0 aromatic carbocycles. The molecule has 2 rings (SSSR count). The highest BCUT2D eigenvalue weighted by Crippen LogP contribution is 2.21. The Hall–Kier alpha value is -1.01. The fourth-order valence-electron chi connectivity index (χ4n) is 2.15. The van der Waals surface area contributed by atoms with Crippen LogP contribution in [0, 0.1) is 0 Å². The van der Waals surface area contributed by atoms with Gasteiger partial charge in [0.25, 0.3) is 0 Å². The van der Waals surface area contributed by atoms with E-state index in [1.807, 2.05) is 35.9 Å². The van der Waals surface area contributed by atoms with E-state index in [1.165, 1.54) is 12.7 Å². The van der Waals surface area contributed by atoms with Crippen molar-refractivity contribution < 1.29 is 9.53 Å². The first-order valence-corrected chi connectivity index (χ1v) is 7.20. The number of ether oxygens (including phenoxy) is 1. The van der Waals surface area contributed by atoms with Crippen molar-refractivity contribution in [3.05, 3.63) is 18.0 Å². The van der Waals surface area contributed by atoms with Gasteiger partial charge < -0.3 is 4.74 Å². The van der Waals surface area contributed by atoms with E-state index >= 15 is 0 Å². The van der Waals surface area contributed by atoms with Crippen LogP contribution in [-0.2, 0) is 23.1 Å². The van der Waals surface area contributed by atoms with Crippen molar-refractivity contribution in [1.29, 1.82) is 0 Å². The van der Waals surface area contributed by atoms with Crippen molar-refractivity contribution in [3.63, 3.8) is 0 Å². The topological polar surface area (TPSA) is 47.4 Å².